The largest absolute Gasteiger partial charge is 0.457 e. The maximum Gasteiger partial charge on any atom is 0.262 e. The minimum Gasteiger partial charge on any atom is -0.457 e. The number of benzene rings is 10. The molecule has 144 heavy (non-hydrogen) atoms. The van der Waals surface area contributed by atoms with E-state index in [9.17, 15) is 0 Å². The van der Waals surface area contributed by atoms with E-state index in [1.54, 1.807) is 0 Å². The molecule has 4 fully saturated rings. The maximum atomic E-state index is 16.3. The average molecular weight is 1940 g/mol. The van der Waals surface area contributed by atoms with E-state index in [2.05, 4.69) is 333 Å². The SMILES string of the molecule is CC(C)c1cccc(C(C)C)c1N1C(=O)C2=CC(Oc3ccc(C(C)(C)C)cc3)=C3C4=CC=CC5C(c6cc7cc8c(cc7cc6Cl)CCc6cc7c(Cl)c(C9=CC=C%10C%11=C(Oc%12ccc(C(C)(C)C)cc%12)C=C%12C(=O)N(c%13c(C(C)C)cccc%13C(C)C)C(=O)C%13=CC(Oc%14ccc(C(C)(C)C)cc%14)=C(C%14=CC=CC9C%14%10)C%11C%13%12)ccc7cc6C=C8)=CC=C(C6=C(Oc7ccc(C(C)(C)C)cc7)C=C(C1=O)C2C36)C45. The second-order valence-corrected chi connectivity index (χ2v) is 47.6. The van der Waals surface area contributed by atoms with Gasteiger partial charge in [-0.05, 0) is 289 Å². The summed E-state index contributed by atoms with van der Waals surface area (Å²) in [5, 5.41) is 5.42. The molecule has 2 aliphatic heterocycles. The molecule has 13 aliphatic rings. The lowest BCUT2D eigenvalue weighted by atomic mass is 9.53. The highest BCUT2D eigenvalue weighted by molar-refractivity contribution is 6.38. The molecule has 10 nitrogen and oxygen atoms in total. The van der Waals surface area contributed by atoms with E-state index in [1.807, 2.05) is 85.0 Å². The zero-order valence-corrected chi connectivity index (χ0v) is 87.3. The van der Waals surface area contributed by atoms with Crippen molar-refractivity contribution in [1.29, 1.82) is 0 Å². The molecule has 11 aliphatic carbocycles. The number of aryl methyl sites for hydroxylation is 2. The van der Waals surface area contributed by atoms with Crippen LogP contribution in [0.2, 0.25) is 10.0 Å². The van der Waals surface area contributed by atoms with Gasteiger partial charge in [-0.1, -0.05) is 338 Å². The Morgan fingerprint density at radius 2 is 0.625 bits per heavy atom. The van der Waals surface area contributed by atoms with E-state index in [-0.39, 0.29) is 92.6 Å². The van der Waals surface area contributed by atoms with Crippen LogP contribution in [0.5, 0.6) is 23.0 Å². The van der Waals surface area contributed by atoms with E-state index < -0.39 is 23.7 Å². The van der Waals surface area contributed by atoms with Gasteiger partial charge in [0, 0.05) is 102 Å². The van der Waals surface area contributed by atoms with Gasteiger partial charge in [0.15, 0.2) is 0 Å². The molecule has 2 saturated heterocycles. The second-order valence-electron chi connectivity index (χ2n) is 46.8. The van der Waals surface area contributed by atoms with E-state index >= 15 is 19.2 Å². The number of carbonyl (C=O) groups excluding carboxylic acids is 4. The maximum absolute atomic E-state index is 16.3. The van der Waals surface area contributed by atoms with Crippen molar-refractivity contribution in [3.05, 3.63) is 445 Å². The van der Waals surface area contributed by atoms with Crippen molar-refractivity contribution in [2.75, 3.05) is 9.80 Å². The molecule has 0 radical (unpaired) electrons. The van der Waals surface area contributed by atoms with Crippen LogP contribution in [0, 0.1) is 47.3 Å². The standard InChI is InChI=1S/C132H122Cl2N2O8/c1-69(2)88-25-21-26-89(70(3)4)123(88)135-125(137)103-65-108(141-84-46-38-80(39-47-84)129(9,10)11)116-97-31-23-29-94-92(55-57-99(112(94)97)118-110(67-105(127(135)139)114(103)120(116)118)143-86-50-42-82(43-51-86)131(15,16)17)96-54-37-77-59-73-33-34-74-60-78-63-102(107(133)64-79(78)61-75(74)35-36-76(73)62-101(77)122(96)134)93-56-58-100-113-95(93)30-24-32-98(113)117-109(142-85-48-40-81(41-49-85)130(12,13)14)66-104-115-106(68-111(119(100)121(115)117)144-87-52-44-83(45-53-87)132(18,19)20)128(140)136(126(104)138)124-90(71(5)6)27-22-28-91(124)72(7)8/h21-34,37-72,94-95,112-115,120-121H,35-36H2,1-20H3. The Morgan fingerprint density at radius 1 is 0.312 bits per heavy atom. The summed E-state index contributed by atoms with van der Waals surface area (Å²) in [6.45, 7) is 43.5. The van der Waals surface area contributed by atoms with Gasteiger partial charge in [-0.2, -0.15) is 0 Å². The molecule has 12 heteroatoms. The van der Waals surface area contributed by atoms with Crippen LogP contribution < -0.4 is 28.7 Å². The monoisotopic (exact) mass is 1930 g/mol. The number of halogens is 2. The van der Waals surface area contributed by atoms with Gasteiger partial charge in [-0.3, -0.25) is 19.2 Å². The topological polar surface area (TPSA) is 112 Å². The summed E-state index contributed by atoms with van der Waals surface area (Å²) < 4.78 is 29.6. The first-order valence-corrected chi connectivity index (χ1v) is 52.3. The molecule has 0 N–H and O–H groups in total. The number of nitrogens with zero attached hydrogens (tertiary/aromatic N) is 2. The van der Waals surface area contributed by atoms with Crippen molar-refractivity contribution < 1.29 is 38.1 Å². The van der Waals surface area contributed by atoms with E-state index in [4.69, 9.17) is 42.1 Å². The minimum atomic E-state index is -0.666. The van der Waals surface area contributed by atoms with E-state index in [1.165, 1.54) is 32.1 Å². The van der Waals surface area contributed by atoms with Gasteiger partial charge < -0.3 is 18.9 Å². The van der Waals surface area contributed by atoms with Crippen LogP contribution in [0.15, 0.2) is 357 Å². The van der Waals surface area contributed by atoms with Crippen LogP contribution in [0.4, 0.5) is 11.4 Å². The molecule has 0 spiro atoms. The summed E-state index contributed by atoms with van der Waals surface area (Å²) in [6, 6.07) is 63.7. The van der Waals surface area contributed by atoms with Gasteiger partial charge in [-0.15, -0.1) is 0 Å². The number of hydrogen-bond acceptors (Lipinski definition) is 8. The quantitative estimate of drug-likeness (QED) is 0.0880. The van der Waals surface area contributed by atoms with Gasteiger partial charge >= 0.3 is 0 Å². The first-order chi connectivity index (χ1) is 68.7. The highest BCUT2D eigenvalue weighted by Gasteiger charge is 2.61. The Hall–Kier alpha value is -13.6. The Kier molecular flexibility index (Phi) is 22.5. The van der Waals surface area contributed by atoms with Crippen LogP contribution in [0.25, 0.3) is 44.8 Å². The lowest BCUT2D eigenvalue weighted by Crippen LogP contribution is -2.53. The fourth-order valence-electron chi connectivity index (χ4n) is 24.9. The van der Waals surface area contributed by atoms with Gasteiger partial charge in [0.05, 0.1) is 16.4 Å². The minimum absolute atomic E-state index is 0.00118. The number of fused-ring (bicyclic) bond motifs is 8. The molecule has 10 aromatic rings. The van der Waals surface area contributed by atoms with Crippen LogP contribution in [-0.4, -0.2) is 23.6 Å². The Labute approximate surface area is 856 Å². The number of para-hydroxylation sites is 2. The Balaban J connectivity index is 0.615. The van der Waals surface area contributed by atoms with Crippen molar-refractivity contribution in [2.45, 2.75) is 197 Å². The highest BCUT2D eigenvalue weighted by Crippen LogP contribution is 2.67. The first-order valence-electron chi connectivity index (χ1n) is 51.5. The number of piperidine rings is 2. The zero-order chi connectivity index (χ0) is 101. The second kappa shape index (κ2) is 34.6. The van der Waals surface area contributed by atoms with Crippen LogP contribution in [0.3, 0.4) is 0 Å². The van der Waals surface area contributed by atoms with Crippen molar-refractivity contribution in [3.8, 4) is 23.0 Å². The van der Waals surface area contributed by atoms with Crippen LogP contribution in [-0.2, 0) is 53.7 Å². The predicted molar refractivity (Wildman–Crippen MR) is 586 cm³/mol. The van der Waals surface area contributed by atoms with Crippen LogP contribution >= 0.6 is 23.2 Å². The molecular weight excluding hydrogens is 1810 g/mol. The lowest BCUT2D eigenvalue weighted by Gasteiger charge is -2.52. The first kappa shape index (κ1) is 94.0. The van der Waals surface area contributed by atoms with Crippen molar-refractivity contribution in [2.24, 2.45) is 47.3 Å². The zero-order valence-electron chi connectivity index (χ0n) is 85.8. The molecule has 8 atom stereocenters. The average Bonchev–Trinajstić information content (AvgIpc) is 0.683. The summed E-state index contributed by atoms with van der Waals surface area (Å²) in [4.78, 5) is 68.0. The summed E-state index contributed by atoms with van der Waals surface area (Å²) >= 11 is 16.0. The molecule has 10 aromatic carbocycles. The predicted octanol–water partition coefficient (Wildman–Crippen LogP) is 32.1. The number of allylic oxidation sites excluding steroid dienone is 24. The van der Waals surface area contributed by atoms with Gasteiger partial charge in [-0.25, -0.2) is 9.80 Å². The number of ether oxygens (including phenoxy) is 4. The fourth-order valence-corrected chi connectivity index (χ4v) is 25.6. The molecule has 4 amide bonds. The Morgan fingerprint density at radius 3 is 0.965 bits per heavy atom. The molecule has 2 heterocycles. The third kappa shape index (κ3) is 15.4. The van der Waals surface area contributed by atoms with Crippen molar-refractivity contribution in [1.82, 2.24) is 0 Å². The summed E-state index contributed by atoms with van der Waals surface area (Å²) in [5.74, 6) is -0.0626. The number of anilines is 2. The summed E-state index contributed by atoms with van der Waals surface area (Å²) in [7, 11) is 0. The van der Waals surface area contributed by atoms with E-state index in [0.29, 0.717) is 89.7 Å². The molecule has 8 unspecified atom stereocenters. The lowest BCUT2D eigenvalue weighted by molar-refractivity contribution is -0.126. The van der Waals surface area contributed by atoms with Crippen molar-refractivity contribution >= 4 is 103 Å². The molecule has 722 valence electrons. The molecule has 0 bridgehead atoms. The van der Waals surface area contributed by atoms with Crippen LogP contribution in [0.1, 0.15) is 240 Å². The van der Waals surface area contributed by atoms with Crippen molar-refractivity contribution in [3.63, 3.8) is 0 Å². The molecule has 2 saturated carbocycles. The fraction of sp³-hybridized carbons (Fsp3) is 0.288. The third-order valence-electron chi connectivity index (χ3n) is 32.4. The molecular formula is C132H122Cl2N2O8. The number of carbonyl (C=O) groups is 4. The third-order valence-corrected chi connectivity index (χ3v) is 33.1. The van der Waals surface area contributed by atoms with E-state index in [0.717, 1.165) is 146 Å². The molecule has 0 aromatic heterocycles. The number of hydrogen-bond donors (Lipinski definition) is 0. The summed E-state index contributed by atoms with van der Waals surface area (Å²) in [5.41, 5.74) is 27.7. The number of rotatable bonds is 16. The Bertz CT molecular complexity index is 7890. The smallest absolute Gasteiger partial charge is 0.262 e. The highest BCUT2D eigenvalue weighted by atomic mass is 35.5. The normalized spacial score (nSPS) is 21.8. The molecule has 23 rings (SSSR count). The number of imide groups is 2. The van der Waals surface area contributed by atoms with Gasteiger partial charge in [0.2, 0.25) is 0 Å². The summed E-state index contributed by atoms with van der Waals surface area (Å²) in [6.07, 6.45) is 36.4. The van der Waals surface area contributed by atoms with Gasteiger partial charge in [0.25, 0.3) is 23.6 Å². The number of amides is 4. The van der Waals surface area contributed by atoms with Gasteiger partial charge in [0.1, 0.15) is 46.0 Å².